The van der Waals surface area contributed by atoms with E-state index in [1.165, 1.54) is 4.88 Å². The van der Waals surface area contributed by atoms with E-state index >= 15 is 0 Å². The predicted molar refractivity (Wildman–Crippen MR) is 103 cm³/mol. The van der Waals surface area contributed by atoms with Crippen molar-refractivity contribution in [3.05, 3.63) is 56.3 Å². The molecule has 0 bridgehead atoms. The lowest BCUT2D eigenvalue weighted by atomic mass is 10.2. The van der Waals surface area contributed by atoms with Crippen molar-refractivity contribution in [1.82, 2.24) is 10.3 Å². The topological polar surface area (TPSA) is 51.2 Å². The Morgan fingerprint density at radius 3 is 2.88 bits per heavy atom. The number of fused-ring (bicyclic) bond motifs is 1. The van der Waals surface area contributed by atoms with Crippen LogP contribution in [0.3, 0.4) is 0 Å². The number of carbonyl (C=O) groups excluding carboxylic acids is 1. The average molecular weight is 395 g/mol. The Kier molecular flexibility index (Phi) is 5.78. The van der Waals surface area contributed by atoms with E-state index in [0.717, 1.165) is 17.5 Å². The highest BCUT2D eigenvalue weighted by Gasteiger charge is 2.14. The van der Waals surface area contributed by atoms with Gasteiger partial charge < -0.3 is 10.1 Å². The smallest absolute Gasteiger partial charge is 0.257 e. The number of hydrogen-bond acceptors (Lipinski definition) is 4. The second kappa shape index (κ2) is 8.04. The molecule has 0 aliphatic carbocycles. The van der Waals surface area contributed by atoms with Crippen LogP contribution in [0.1, 0.15) is 10.6 Å². The minimum absolute atomic E-state index is 0.128. The Labute approximate surface area is 159 Å². The van der Waals surface area contributed by atoms with Crippen LogP contribution in [0, 0.1) is 6.92 Å². The number of nitrogens with one attached hydrogen (secondary N) is 1. The molecule has 1 amide bonds. The molecule has 130 valence electrons. The second-order valence-corrected chi connectivity index (χ2v) is 7.33. The van der Waals surface area contributed by atoms with Gasteiger partial charge in [-0.15, -0.1) is 11.3 Å². The summed E-state index contributed by atoms with van der Waals surface area (Å²) in [6.07, 6.45) is 0.800. The summed E-state index contributed by atoms with van der Waals surface area (Å²) >= 11 is 14.1. The van der Waals surface area contributed by atoms with Gasteiger partial charge in [0.1, 0.15) is 5.52 Å². The van der Waals surface area contributed by atoms with E-state index in [4.69, 9.17) is 27.9 Å². The van der Waals surface area contributed by atoms with Gasteiger partial charge in [-0.25, -0.2) is 4.98 Å². The van der Waals surface area contributed by atoms with Crippen LogP contribution in [-0.2, 0) is 11.2 Å². The molecule has 7 heteroatoms. The van der Waals surface area contributed by atoms with Crippen molar-refractivity contribution in [3.63, 3.8) is 0 Å². The van der Waals surface area contributed by atoms with Crippen LogP contribution in [0.5, 0.6) is 5.75 Å². The molecule has 2 heterocycles. The van der Waals surface area contributed by atoms with Crippen LogP contribution in [0.2, 0.25) is 10.0 Å². The van der Waals surface area contributed by atoms with Gasteiger partial charge in [0.15, 0.2) is 12.4 Å². The third kappa shape index (κ3) is 4.42. The van der Waals surface area contributed by atoms with Gasteiger partial charge >= 0.3 is 0 Å². The molecule has 1 aromatic carbocycles. The highest BCUT2D eigenvalue weighted by molar-refractivity contribution is 7.09. The van der Waals surface area contributed by atoms with Crippen molar-refractivity contribution in [2.45, 2.75) is 13.3 Å². The van der Waals surface area contributed by atoms with E-state index < -0.39 is 0 Å². The molecular formula is C18H16Cl2N2O2S. The standard InChI is InChI=1S/C18H16Cl2N2O2S/c1-11-4-5-13-14(19)9-15(20)18(17(13)22-11)24-10-16(23)21-7-6-12-3-2-8-25-12/h2-5,8-9H,6-7,10H2,1H3,(H,21,23). The number of halogens is 2. The van der Waals surface area contributed by atoms with Gasteiger partial charge in [0.2, 0.25) is 0 Å². The van der Waals surface area contributed by atoms with E-state index in [1.807, 2.05) is 36.6 Å². The van der Waals surface area contributed by atoms with Gasteiger partial charge in [-0.2, -0.15) is 0 Å². The molecule has 0 atom stereocenters. The van der Waals surface area contributed by atoms with Gasteiger partial charge in [0.25, 0.3) is 5.91 Å². The van der Waals surface area contributed by atoms with Crippen LogP contribution in [0.4, 0.5) is 0 Å². The minimum Gasteiger partial charge on any atom is -0.480 e. The van der Waals surface area contributed by atoms with Gasteiger partial charge in [0, 0.05) is 22.5 Å². The number of carbonyl (C=O) groups is 1. The number of benzene rings is 1. The van der Waals surface area contributed by atoms with E-state index in [2.05, 4.69) is 10.3 Å². The number of hydrogen-bond donors (Lipinski definition) is 1. The van der Waals surface area contributed by atoms with Gasteiger partial charge in [-0.05, 0) is 43.0 Å². The molecule has 0 spiro atoms. The zero-order valence-electron chi connectivity index (χ0n) is 13.5. The summed E-state index contributed by atoms with van der Waals surface area (Å²) in [4.78, 5) is 17.7. The molecule has 3 aromatic rings. The van der Waals surface area contributed by atoms with Crippen molar-refractivity contribution < 1.29 is 9.53 Å². The summed E-state index contributed by atoms with van der Waals surface area (Å²) in [6, 6.07) is 9.37. The largest absolute Gasteiger partial charge is 0.480 e. The number of rotatable bonds is 6. The Bertz CT molecular complexity index is 898. The van der Waals surface area contributed by atoms with Crippen LogP contribution < -0.4 is 10.1 Å². The Morgan fingerprint density at radius 2 is 2.12 bits per heavy atom. The highest BCUT2D eigenvalue weighted by Crippen LogP contribution is 2.37. The lowest BCUT2D eigenvalue weighted by Crippen LogP contribution is -2.30. The number of amides is 1. The van der Waals surface area contributed by atoms with E-state index in [1.54, 1.807) is 17.4 Å². The Morgan fingerprint density at radius 1 is 1.28 bits per heavy atom. The number of ether oxygens (including phenoxy) is 1. The van der Waals surface area contributed by atoms with E-state index in [0.29, 0.717) is 27.9 Å². The van der Waals surface area contributed by atoms with Gasteiger partial charge in [-0.1, -0.05) is 29.3 Å². The third-order valence-electron chi connectivity index (χ3n) is 3.60. The summed E-state index contributed by atoms with van der Waals surface area (Å²) in [5.74, 6) is 0.168. The molecule has 0 aliphatic rings. The number of thiophene rings is 1. The minimum atomic E-state index is -0.205. The van der Waals surface area contributed by atoms with Crippen molar-refractivity contribution >= 4 is 51.3 Å². The molecule has 0 saturated heterocycles. The first-order valence-corrected chi connectivity index (χ1v) is 9.35. The Balaban J connectivity index is 1.66. The summed E-state index contributed by atoms with van der Waals surface area (Å²) in [7, 11) is 0. The van der Waals surface area contributed by atoms with E-state index in [9.17, 15) is 4.79 Å². The van der Waals surface area contributed by atoms with Gasteiger partial charge in [0.05, 0.1) is 10.0 Å². The second-order valence-electron chi connectivity index (χ2n) is 5.49. The molecule has 4 nitrogen and oxygen atoms in total. The summed E-state index contributed by atoms with van der Waals surface area (Å²) in [5.41, 5.74) is 1.37. The van der Waals surface area contributed by atoms with Crippen molar-refractivity contribution in [2.24, 2.45) is 0 Å². The quantitative estimate of drug-likeness (QED) is 0.661. The molecular weight excluding hydrogens is 379 g/mol. The van der Waals surface area contributed by atoms with Gasteiger partial charge in [-0.3, -0.25) is 4.79 Å². The number of nitrogens with zero attached hydrogens (tertiary/aromatic N) is 1. The molecule has 0 unspecified atom stereocenters. The number of aromatic nitrogens is 1. The average Bonchev–Trinajstić information content (AvgIpc) is 3.07. The number of aryl methyl sites for hydroxylation is 1. The predicted octanol–water partition coefficient (Wildman–Crippen LogP) is 4.65. The van der Waals surface area contributed by atoms with Crippen molar-refractivity contribution in [3.8, 4) is 5.75 Å². The zero-order chi connectivity index (χ0) is 17.8. The maximum absolute atomic E-state index is 12.0. The van der Waals surface area contributed by atoms with Crippen LogP contribution in [-0.4, -0.2) is 24.0 Å². The molecule has 2 aromatic heterocycles. The normalized spacial score (nSPS) is 10.8. The molecule has 0 fully saturated rings. The maximum atomic E-state index is 12.0. The highest BCUT2D eigenvalue weighted by atomic mass is 35.5. The fourth-order valence-electron chi connectivity index (χ4n) is 2.40. The Hall–Kier alpha value is -1.82. The molecule has 0 radical (unpaired) electrons. The summed E-state index contributed by atoms with van der Waals surface area (Å²) in [6.45, 7) is 2.31. The molecule has 1 N–H and O–H groups in total. The molecule has 25 heavy (non-hydrogen) atoms. The van der Waals surface area contributed by atoms with Crippen molar-refractivity contribution in [2.75, 3.05) is 13.2 Å². The SMILES string of the molecule is Cc1ccc2c(Cl)cc(Cl)c(OCC(=O)NCCc3cccs3)c2n1. The van der Waals surface area contributed by atoms with Crippen LogP contribution in [0.15, 0.2) is 35.7 Å². The van der Waals surface area contributed by atoms with Crippen LogP contribution >= 0.6 is 34.5 Å². The molecule has 0 aliphatic heterocycles. The fourth-order valence-corrected chi connectivity index (χ4v) is 3.68. The van der Waals surface area contributed by atoms with Crippen LogP contribution in [0.25, 0.3) is 10.9 Å². The van der Waals surface area contributed by atoms with Crippen molar-refractivity contribution in [1.29, 1.82) is 0 Å². The molecule has 3 rings (SSSR count). The monoisotopic (exact) mass is 394 g/mol. The maximum Gasteiger partial charge on any atom is 0.257 e. The fraction of sp³-hybridized carbons (Fsp3) is 0.222. The molecule has 0 saturated carbocycles. The summed E-state index contributed by atoms with van der Waals surface area (Å²) in [5, 5.41) is 6.43. The third-order valence-corrected chi connectivity index (χ3v) is 5.13. The first-order valence-electron chi connectivity index (χ1n) is 7.72. The first kappa shape index (κ1) is 18.0. The first-order chi connectivity index (χ1) is 12.0. The lowest BCUT2D eigenvalue weighted by Gasteiger charge is -2.12. The summed E-state index contributed by atoms with van der Waals surface area (Å²) < 4.78 is 5.65. The lowest BCUT2D eigenvalue weighted by molar-refractivity contribution is -0.123. The van der Waals surface area contributed by atoms with E-state index in [-0.39, 0.29) is 12.5 Å². The number of pyridine rings is 1. The zero-order valence-corrected chi connectivity index (χ0v) is 15.8.